The van der Waals surface area contributed by atoms with E-state index < -0.39 is 0 Å². The fourth-order valence-corrected chi connectivity index (χ4v) is 2.45. The number of rotatable bonds is 3. The van der Waals surface area contributed by atoms with Crippen LogP contribution in [0.1, 0.15) is 5.56 Å². The molecule has 0 radical (unpaired) electrons. The van der Waals surface area contributed by atoms with Gasteiger partial charge in [-0.3, -0.25) is 0 Å². The van der Waals surface area contributed by atoms with E-state index in [4.69, 9.17) is 51.8 Å². The lowest BCUT2D eigenvalue weighted by molar-refractivity contribution is 0.414. The van der Waals surface area contributed by atoms with Gasteiger partial charge in [0.2, 0.25) is 0 Å². The molecule has 0 bridgehead atoms. The first-order chi connectivity index (χ1) is 9.92. The van der Waals surface area contributed by atoms with Gasteiger partial charge in [-0.1, -0.05) is 47.0 Å². The van der Waals surface area contributed by atoms with Crippen LogP contribution in [0.4, 0.5) is 5.69 Å². The number of methoxy groups -OCH3 is 1. The maximum atomic E-state index is 9.87. The summed E-state index contributed by atoms with van der Waals surface area (Å²) in [6.07, 6.45) is 0. The molecule has 2 rings (SSSR count). The topological polar surface area (TPSA) is 41.5 Å². The van der Waals surface area contributed by atoms with Crippen LogP contribution in [0.15, 0.2) is 30.3 Å². The quantitative estimate of drug-likeness (QED) is 0.585. The van der Waals surface area contributed by atoms with Crippen LogP contribution in [0.2, 0.25) is 15.1 Å². The summed E-state index contributed by atoms with van der Waals surface area (Å²) in [7, 11) is 1.53. The van der Waals surface area contributed by atoms with Crippen molar-refractivity contribution in [3.63, 3.8) is 0 Å². The summed E-state index contributed by atoms with van der Waals surface area (Å²) in [6, 6.07) is 7.90. The van der Waals surface area contributed by atoms with Gasteiger partial charge in [0.1, 0.15) is 16.5 Å². The van der Waals surface area contributed by atoms with Crippen LogP contribution < -0.4 is 10.1 Å². The minimum Gasteiger partial charge on any atom is -0.506 e. The van der Waals surface area contributed by atoms with Crippen molar-refractivity contribution >= 4 is 57.7 Å². The highest BCUT2D eigenvalue weighted by Gasteiger charge is 2.13. The molecule has 110 valence electrons. The average Bonchev–Trinajstić information content (AvgIpc) is 2.44. The van der Waals surface area contributed by atoms with E-state index in [-0.39, 0.29) is 10.8 Å². The van der Waals surface area contributed by atoms with Crippen molar-refractivity contribution in [2.24, 2.45) is 0 Å². The number of halogens is 3. The van der Waals surface area contributed by atoms with Crippen molar-refractivity contribution in [2.45, 2.75) is 0 Å². The third-order valence-corrected chi connectivity index (χ3v) is 3.97. The second kappa shape index (κ2) is 6.71. The van der Waals surface area contributed by atoms with Gasteiger partial charge in [0.05, 0.1) is 28.4 Å². The van der Waals surface area contributed by atoms with Gasteiger partial charge in [0, 0.05) is 11.1 Å². The predicted molar refractivity (Wildman–Crippen MR) is 91.5 cm³/mol. The summed E-state index contributed by atoms with van der Waals surface area (Å²) in [4.78, 5) is 0.336. The number of hydrogen-bond donors (Lipinski definition) is 2. The molecular weight excluding hydrogens is 353 g/mol. The zero-order valence-corrected chi connectivity index (χ0v) is 13.9. The summed E-state index contributed by atoms with van der Waals surface area (Å²) < 4.78 is 5.24. The standard InChI is InChI=1S/C14H10Cl3NO2S/c1-20-13-3-2-7(15)4-8(13)14(21)18-11-5-9(16)10(17)6-12(11)19/h2-6,19H,1H3,(H,18,21). The molecular formula is C14H10Cl3NO2S. The molecule has 7 heteroatoms. The van der Waals surface area contributed by atoms with Crippen LogP contribution in [0, 0.1) is 0 Å². The molecule has 0 atom stereocenters. The van der Waals surface area contributed by atoms with Crippen LogP contribution in [-0.2, 0) is 0 Å². The van der Waals surface area contributed by atoms with Crippen LogP contribution in [-0.4, -0.2) is 17.2 Å². The van der Waals surface area contributed by atoms with Crippen molar-refractivity contribution in [1.29, 1.82) is 0 Å². The first kappa shape index (κ1) is 16.2. The van der Waals surface area contributed by atoms with Gasteiger partial charge in [-0.2, -0.15) is 0 Å². The lowest BCUT2D eigenvalue weighted by atomic mass is 10.2. The number of ether oxygens (including phenoxy) is 1. The van der Waals surface area contributed by atoms with E-state index in [0.29, 0.717) is 32.0 Å². The van der Waals surface area contributed by atoms with Crippen LogP contribution in [0.25, 0.3) is 0 Å². The molecule has 2 aromatic carbocycles. The predicted octanol–water partition coefficient (Wildman–Crippen LogP) is 5.15. The van der Waals surface area contributed by atoms with Gasteiger partial charge < -0.3 is 15.2 Å². The second-order valence-corrected chi connectivity index (χ2v) is 5.74. The molecule has 3 nitrogen and oxygen atoms in total. The Labute approximate surface area is 142 Å². The van der Waals surface area contributed by atoms with E-state index >= 15 is 0 Å². The Balaban J connectivity index is 2.34. The molecule has 0 aromatic heterocycles. The number of benzene rings is 2. The number of phenolic OH excluding ortho intramolecular Hbond substituents is 1. The number of anilines is 1. The maximum Gasteiger partial charge on any atom is 0.140 e. The Morgan fingerprint density at radius 3 is 2.48 bits per heavy atom. The van der Waals surface area contributed by atoms with Crippen LogP contribution >= 0.6 is 47.0 Å². The molecule has 0 aliphatic carbocycles. The molecule has 2 N–H and O–H groups in total. The molecule has 0 aliphatic rings. The van der Waals surface area contributed by atoms with Gasteiger partial charge in [-0.25, -0.2) is 0 Å². The van der Waals surface area contributed by atoms with E-state index in [9.17, 15) is 5.11 Å². The maximum absolute atomic E-state index is 9.87. The van der Waals surface area contributed by atoms with E-state index in [1.54, 1.807) is 18.2 Å². The van der Waals surface area contributed by atoms with Gasteiger partial charge in [-0.15, -0.1) is 0 Å². The van der Waals surface area contributed by atoms with Crippen molar-refractivity contribution in [1.82, 2.24) is 0 Å². The Bertz CT molecular complexity index is 707. The monoisotopic (exact) mass is 361 g/mol. The fraction of sp³-hybridized carbons (Fsp3) is 0.0714. The van der Waals surface area contributed by atoms with Crippen LogP contribution in [0.3, 0.4) is 0 Å². The van der Waals surface area contributed by atoms with E-state index in [1.807, 2.05) is 0 Å². The SMILES string of the molecule is COc1ccc(Cl)cc1C(=S)Nc1cc(Cl)c(Cl)cc1O. The fourth-order valence-electron chi connectivity index (χ4n) is 1.68. The Kier molecular flexibility index (Phi) is 5.17. The van der Waals surface area contributed by atoms with Gasteiger partial charge in [0.25, 0.3) is 0 Å². The largest absolute Gasteiger partial charge is 0.506 e. The highest BCUT2D eigenvalue weighted by atomic mass is 35.5. The van der Waals surface area contributed by atoms with Gasteiger partial charge in [0.15, 0.2) is 0 Å². The van der Waals surface area contributed by atoms with Crippen molar-refractivity contribution < 1.29 is 9.84 Å². The summed E-state index contributed by atoms with van der Waals surface area (Å²) in [5, 5.41) is 13.8. The molecule has 0 saturated carbocycles. The first-order valence-corrected chi connectivity index (χ1v) is 7.29. The zero-order chi connectivity index (χ0) is 15.6. The smallest absolute Gasteiger partial charge is 0.140 e. The normalized spacial score (nSPS) is 10.3. The number of thiocarbonyl (C=S) groups is 1. The highest BCUT2D eigenvalue weighted by molar-refractivity contribution is 7.81. The molecule has 0 fully saturated rings. The zero-order valence-electron chi connectivity index (χ0n) is 10.8. The Morgan fingerprint density at radius 1 is 1.14 bits per heavy atom. The molecule has 0 aliphatic heterocycles. The third-order valence-electron chi connectivity index (χ3n) is 2.69. The lowest BCUT2D eigenvalue weighted by Crippen LogP contribution is -2.12. The summed E-state index contributed by atoms with van der Waals surface area (Å²) in [5.74, 6) is 0.504. The van der Waals surface area contributed by atoms with Crippen molar-refractivity contribution in [3.8, 4) is 11.5 Å². The van der Waals surface area contributed by atoms with E-state index in [0.717, 1.165) is 0 Å². The molecule has 0 saturated heterocycles. The molecule has 0 amide bonds. The molecule has 0 spiro atoms. The highest BCUT2D eigenvalue weighted by Crippen LogP contribution is 2.34. The average molecular weight is 363 g/mol. The third kappa shape index (κ3) is 3.71. The molecule has 0 heterocycles. The van der Waals surface area contributed by atoms with Crippen molar-refractivity contribution in [2.75, 3.05) is 12.4 Å². The minimum absolute atomic E-state index is 0.0623. The number of phenols is 1. The minimum atomic E-state index is -0.0623. The van der Waals surface area contributed by atoms with E-state index in [1.165, 1.54) is 19.2 Å². The number of aromatic hydroxyl groups is 1. The summed E-state index contributed by atoms with van der Waals surface area (Å²) in [5.41, 5.74) is 0.946. The summed E-state index contributed by atoms with van der Waals surface area (Å²) >= 11 is 23.0. The van der Waals surface area contributed by atoms with Gasteiger partial charge in [-0.05, 0) is 24.3 Å². The first-order valence-electron chi connectivity index (χ1n) is 5.75. The second-order valence-electron chi connectivity index (χ2n) is 4.08. The Hall–Kier alpha value is -1.20. The van der Waals surface area contributed by atoms with E-state index in [2.05, 4.69) is 5.32 Å². The van der Waals surface area contributed by atoms with Gasteiger partial charge >= 0.3 is 0 Å². The molecule has 0 unspecified atom stereocenters. The number of hydrogen-bond acceptors (Lipinski definition) is 3. The Morgan fingerprint density at radius 2 is 1.81 bits per heavy atom. The lowest BCUT2D eigenvalue weighted by Gasteiger charge is -2.13. The number of nitrogens with one attached hydrogen (secondary N) is 1. The summed E-state index contributed by atoms with van der Waals surface area (Å²) in [6.45, 7) is 0. The molecule has 2 aromatic rings. The van der Waals surface area contributed by atoms with Crippen molar-refractivity contribution in [3.05, 3.63) is 51.0 Å². The van der Waals surface area contributed by atoms with Crippen LogP contribution in [0.5, 0.6) is 11.5 Å². The molecule has 21 heavy (non-hydrogen) atoms.